The van der Waals surface area contributed by atoms with E-state index < -0.39 is 5.60 Å². The molecule has 0 aromatic carbocycles. The van der Waals surface area contributed by atoms with Gasteiger partial charge in [0.25, 0.3) is 0 Å². The van der Waals surface area contributed by atoms with Gasteiger partial charge in [0.1, 0.15) is 5.60 Å². The largest absolute Gasteiger partial charge is 0.411 e. The third-order valence-electron chi connectivity index (χ3n) is 8.86. The number of rotatable bonds is 0. The third kappa shape index (κ3) is 2.05. The number of hydrogen-bond donors (Lipinski definition) is 2. The van der Waals surface area contributed by atoms with Gasteiger partial charge in [-0.25, -0.2) is 0 Å². The first-order chi connectivity index (χ1) is 11.4. The van der Waals surface area contributed by atoms with Gasteiger partial charge in [0.15, 0.2) is 0 Å². The molecule has 4 aliphatic carbocycles. The molecule has 0 unspecified atom stereocenters. The highest BCUT2D eigenvalue weighted by atomic mass is 16.4. The second kappa shape index (κ2) is 5.24. The van der Waals surface area contributed by atoms with E-state index in [9.17, 15) is 10.3 Å². The van der Waals surface area contributed by atoms with Crippen LogP contribution in [0.3, 0.4) is 0 Å². The Hall–Kier alpha value is -1.01. The Morgan fingerprint density at radius 1 is 1.08 bits per heavy atom. The normalized spacial score (nSPS) is 55.3. The lowest BCUT2D eigenvalue weighted by Crippen LogP contribution is -2.55. The standard InChI is InChI=1S/C21H31NO2/c1-4-21(23)12-11-19(2)14(13-21)5-6-15-16-7-8-18(22-24)20(16,3)10-9-17(15)19/h1,14-17,23-24H,5-13H2,2-3H3/b22-18+/t14-,15-,16-,17-,19-,20-,21-/m0/s1. The van der Waals surface area contributed by atoms with E-state index in [0.717, 1.165) is 49.7 Å². The molecule has 0 bridgehead atoms. The number of hydrogen-bond acceptors (Lipinski definition) is 3. The van der Waals surface area contributed by atoms with Gasteiger partial charge in [0.05, 0.1) is 5.71 Å². The molecule has 0 radical (unpaired) electrons. The zero-order valence-corrected chi connectivity index (χ0v) is 15.1. The average molecular weight is 329 g/mol. The smallest absolute Gasteiger partial charge is 0.125 e. The van der Waals surface area contributed by atoms with Crippen LogP contribution in [0.5, 0.6) is 0 Å². The van der Waals surface area contributed by atoms with Crippen molar-refractivity contribution in [1.82, 2.24) is 0 Å². The summed E-state index contributed by atoms with van der Waals surface area (Å²) in [6.45, 7) is 4.81. The van der Waals surface area contributed by atoms with Crippen LogP contribution < -0.4 is 0 Å². The first kappa shape index (κ1) is 16.5. The van der Waals surface area contributed by atoms with Gasteiger partial charge in [-0.1, -0.05) is 24.9 Å². The quantitative estimate of drug-likeness (QED) is 0.397. The molecule has 3 heteroatoms. The molecule has 4 rings (SSSR count). The van der Waals surface area contributed by atoms with Crippen LogP contribution in [0.15, 0.2) is 5.16 Å². The van der Waals surface area contributed by atoms with Gasteiger partial charge in [-0.3, -0.25) is 0 Å². The molecule has 3 nitrogen and oxygen atoms in total. The second-order valence-corrected chi connectivity index (χ2v) is 9.58. The monoisotopic (exact) mass is 329 g/mol. The van der Waals surface area contributed by atoms with E-state index in [0.29, 0.717) is 17.3 Å². The lowest BCUT2D eigenvalue weighted by Gasteiger charge is -2.61. The summed E-state index contributed by atoms with van der Waals surface area (Å²) in [4.78, 5) is 0. The van der Waals surface area contributed by atoms with Crippen LogP contribution in [0.2, 0.25) is 0 Å². The van der Waals surface area contributed by atoms with Crippen molar-refractivity contribution in [1.29, 1.82) is 0 Å². The molecular weight excluding hydrogens is 298 g/mol. The minimum absolute atomic E-state index is 0.118. The topological polar surface area (TPSA) is 52.8 Å². The summed E-state index contributed by atoms with van der Waals surface area (Å²) in [5.41, 5.74) is 0.618. The van der Waals surface area contributed by atoms with Crippen LogP contribution in [0.4, 0.5) is 0 Å². The molecule has 0 aromatic rings. The predicted octanol–water partition coefficient (Wildman–Crippen LogP) is 4.22. The summed E-state index contributed by atoms with van der Waals surface area (Å²) in [5, 5.41) is 23.7. The van der Waals surface area contributed by atoms with Crippen LogP contribution in [-0.4, -0.2) is 21.6 Å². The summed E-state index contributed by atoms with van der Waals surface area (Å²) >= 11 is 0. The maximum atomic E-state index is 10.6. The average Bonchev–Trinajstić information content (AvgIpc) is 2.92. The highest BCUT2D eigenvalue weighted by Crippen LogP contribution is 2.66. The summed E-state index contributed by atoms with van der Waals surface area (Å²) < 4.78 is 0. The predicted molar refractivity (Wildman–Crippen MR) is 94.7 cm³/mol. The van der Waals surface area contributed by atoms with E-state index in [2.05, 4.69) is 24.9 Å². The van der Waals surface area contributed by atoms with Crippen molar-refractivity contribution in [3.05, 3.63) is 0 Å². The highest BCUT2D eigenvalue weighted by molar-refractivity contribution is 5.91. The maximum Gasteiger partial charge on any atom is 0.125 e. The van der Waals surface area contributed by atoms with E-state index in [4.69, 9.17) is 6.42 Å². The zero-order valence-electron chi connectivity index (χ0n) is 15.1. The van der Waals surface area contributed by atoms with Crippen LogP contribution >= 0.6 is 0 Å². The fourth-order valence-corrected chi connectivity index (χ4v) is 7.33. The maximum absolute atomic E-state index is 10.6. The Bertz CT molecular complexity index is 607. The molecule has 0 aromatic heterocycles. The summed E-state index contributed by atoms with van der Waals surface area (Å²) in [6, 6.07) is 0. The van der Waals surface area contributed by atoms with Gasteiger partial charge in [0.2, 0.25) is 0 Å². The summed E-state index contributed by atoms with van der Waals surface area (Å²) in [5.74, 6) is 5.40. The molecule has 4 saturated carbocycles. The van der Waals surface area contributed by atoms with Crippen molar-refractivity contribution in [3.8, 4) is 12.3 Å². The Morgan fingerprint density at radius 3 is 2.58 bits per heavy atom. The minimum Gasteiger partial charge on any atom is -0.411 e. The zero-order chi connectivity index (χ0) is 17.2. The minimum atomic E-state index is -0.871. The molecule has 4 fully saturated rings. The Balaban J connectivity index is 1.62. The lowest BCUT2D eigenvalue weighted by atomic mass is 9.44. The van der Waals surface area contributed by atoms with Crippen LogP contribution in [0.1, 0.15) is 71.6 Å². The molecule has 2 N–H and O–H groups in total. The van der Waals surface area contributed by atoms with Gasteiger partial charge in [-0.15, -0.1) is 6.42 Å². The van der Waals surface area contributed by atoms with E-state index >= 15 is 0 Å². The molecular formula is C21H31NO2. The van der Waals surface area contributed by atoms with Crippen molar-refractivity contribution in [2.24, 2.45) is 39.7 Å². The fraction of sp³-hybridized carbons (Fsp3) is 0.857. The highest BCUT2D eigenvalue weighted by Gasteiger charge is 2.60. The van der Waals surface area contributed by atoms with E-state index in [-0.39, 0.29) is 5.41 Å². The van der Waals surface area contributed by atoms with E-state index in [1.54, 1.807) is 0 Å². The Morgan fingerprint density at radius 2 is 1.88 bits per heavy atom. The van der Waals surface area contributed by atoms with Crippen molar-refractivity contribution < 1.29 is 10.3 Å². The Labute approximate surface area is 145 Å². The van der Waals surface area contributed by atoms with Crippen molar-refractivity contribution in [2.45, 2.75) is 77.2 Å². The van der Waals surface area contributed by atoms with Crippen molar-refractivity contribution >= 4 is 5.71 Å². The second-order valence-electron chi connectivity index (χ2n) is 9.58. The molecule has 0 spiro atoms. The Kier molecular flexibility index (Phi) is 3.59. The van der Waals surface area contributed by atoms with Crippen LogP contribution in [0, 0.1) is 46.8 Å². The molecule has 0 heterocycles. The third-order valence-corrected chi connectivity index (χ3v) is 8.86. The fourth-order valence-electron chi connectivity index (χ4n) is 7.33. The van der Waals surface area contributed by atoms with Gasteiger partial charge in [-0.05, 0) is 86.9 Å². The molecule has 0 amide bonds. The van der Waals surface area contributed by atoms with Gasteiger partial charge < -0.3 is 10.3 Å². The van der Waals surface area contributed by atoms with Gasteiger partial charge >= 0.3 is 0 Å². The van der Waals surface area contributed by atoms with E-state index in [1.807, 2.05) is 0 Å². The molecule has 132 valence electrons. The number of nitrogens with zero attached hydrogens (tertiary/aromatic N) is 1. The number of aliphatic hydroxyl groups is 1. The van der Waals surface area contributed by atoms with Crippen LogP contribution in [-0.2, 0) is 0 Å². The lowest BCUT2D eigenvalue weighted by molar-refractivity contribution is -0.127. The van der Waals surface area contributed by atoms with Crippen molar-refractivity contribution in [3.63, 3.8) is 0 Å². The molecule has 7 atom stereocenters. The van der Waals surface area contributed by atoms with Gasteiger partial charge in [0, 0.05) is 5.41 Å². The van der Waals surface area contributed by atoms with Gasteiger partial charge in [-0.2, -0.15) is 0 Å². The molecule has 4 aliphatic rings. The SMILES string of the molecule is C#C[C@]1(O)CC[C@@]2(C)[C@@H](CC[C@@H]3[C@@H]2CC[C@]2(C)/C(=N/O)CC[C@@H]32)C1. The van der Waals surface area contributed by atoms with E-state index in [1.165, 1.54) is 25.7 Å². The number of oxime groups is 1. The molecule has 0 saturated heterocycles. The number of fused-ring (bicyclic) bond motifs is 5. The van der Waals surface area contributed by atoms with Crippen LogP contribution in [0.25, 0.3) is 0 Å². The molecule has 24 heavy (non-hydrogen) atoms. The molecule has 0 aliphatic heterocycles. The summed E-state index contributed by atoms with van der Waals surface area (Å²) in [7, 11) is 0. The first-order valence-corrected chi connectivity index (χ1v) is 9.78. The van der Waals surface area contributed by atoms with Crippen molar-refractivity contribution in [2.75, 3.05) is 0 Å². The number of terminal acetylenes is 1. The first-order valence-electron chi connectivity index (χ1n) is 9.78. The summed E-state index contributed by atoms with van der Waals surface area (Å²) in [6.07, 6.45) is 15.2.